The van der Waals surface area contributed by atoms with Crippen molar-refractivity contribution in [3.05, 3.63) is 41.1 Å². The molecule has 2 aliphatic rings. The van der Waals surface area contributed by atoms with E-state index in [0.29, 0.717) is 22.0 Å². The number of nitrogens with two attached hydrogens (primary N) is 1. The van der Waals surface area contributed by atoms with Crippen molar-refractivity contribution in [3.8, 4) is 0 Å². The number of amides is 3. The Balaban J connectivity index is 1.37. The lowest BCUT2D eigenvalue weighted by molar-refractivity contribution is -0.192. The van der Waals surface area contributed by atoms with E-state index in [1.165, 1.54) is 47.4 Å². The van der Waals surface area contributed by atoms with Gasteiger partial charge in [-0.2, -0.15) is 0 Å². The lowest BCUT2D eigenvalue weighted by atomic mass is 9.98. The van der Waals surface area contributed by atoms with Crippen LogP contribution in [0, 0.1) is 0 Å². The molecule has 1 fully saturated rings. The highest BCUT2D eigenvalue weighted by molar-refractivity contribution is 8.01. The molecule has 1 saturated heterocycles. The molecule has 19 heteroatoms. The fourth-order valence-electron chi connectivity index (χ4n) is 4.08. The van der Waals surface area contributed by atoms with Crippen molar-refractivity contribution in [2.45, 2.75) is 28.7 Å². The molecule has 17 nitrogen and oxygen atoms in total. The Kier molecular flexibility index (Phi) is 9.34. The van der Waals surface area contributed by atoms with E-state index in [-0.39, 0.29) is 23.6 Å². The average Bonchev–Trinajstić information content (AvgIpc) is 3.37. The third-order valence-corrected chi connectivity index (χ3v) is 8.66. The van der Waals surface area contributed by atoms with E-state index >= 15 is 0 Å². The van der Waals surface area contributed by atoms with Gasteiger partial charge in [0, 0.05) is 31.4 Å². The highest BCUT2D eigenvalue weighted by Gasteiger charge is 2.66. The predicted octanol–water partition coefficient (Wildman–Crippen LogP) is -0.782. The van der Waals surface area contributed by atoms with Crippen molar-refractivity contribution in [1.29, 1.82) is 0 Å². The summed E-state index contributed by atoms with van der Waals surface area (Å²) in [6.07, 6.45) is -1.05. The zero-order valence-corrected chi connectivity index (χ0v) is 23.8. The first kappa shape index (κ1) is 30.8. The molecule has 1 aromatic carbocycles. The van der Waals surface area contributed by atoms with E-state index in [1.807, 2.05) is 0 Å². The molecule has 0 saturated carbocycles. The van der Waals surface area contributed by atoms with Gasteiger partial charge in [0.05, 0.1) is 6.42 Å². The monoisotopic (exact) mass is 622 g/mol. The number of nitrogens with one attached hydrogen (secondary N) is 2. The van der Waals surface area contributed by atoms with Crippen molar-refractivity contribution in [1.82, 2.24) is 30.4 Å². The normalized spacial score (nSPS) is 20.3. The number of tetrazole rings is 1. The Morgan fingerprint density at radius 1 is 1.26 bits per heavy atom. The molecule has 0 aliphatic carbocycles. The van der Waals surface area contributed by atoms with Crippen LogP contribution in [0.15, 0.2) is 40.7 Å². The maximum absolute atomic E-state index is 13.3. The van der Waals surface area contributed by atoms with Crippen LogP contribution in [0.2, 0.25) is 0 Å². The van der Waals surface area contributed by atoms with Crippen molar-refractivity contribution in [2.75, 3.05) is 30.5 Å². The number of thioether (sulfide) groups is 2. The highest BCUT2D eigenvalue weighted by atomic mass is 32.2. The van der Waals surface area contributed by atoms with Gasteiger partial charge in [-0.25, -0.2) is 14.3 Å². The van der Waals surface area contributed by atoms with Crippen LogP contribution in [0.25, 0.3) is 0 Å². The number of aromatic nitrogens is 4. The summed E-state index contributed by atoms with van der Waals surface area (Å²) < 4.78 is 11.7. The minimum absolute atomic E-state index is 0.150. The zero-order chi connectivity index (χ0) is 30.6. The van der Waals surface area contributed by atoms with Crippen molar-refractivity contribution in [2.24, 2.45) is 12.8 Å². The van der Waals surface area contributed by atoms with Crippen molar-refractivity contribution in [3.63, 3.8) is 0 Å². The molecule has 4 rings (SSSR count). The largest absolute Gasteiger partial charge is 0.480 e. The summed E-state index contributed by atoms with van der Waals surface area (Å²) in [5, 5.41) is 34.5. The number of nitrogens with zero attached hydrogens (tertiary/aromatic N) is 5. The van der Waals surface area contributed by atoms with Gasteiger partial charge in [0.25, 0.3) is 11.6 Å². The van der Waals surface area contributed by atoms with E-state index in [9.17, 15) is 29.1 Å². The number of carboxylic acids is 2. The standard InChI is InChI=1S/C23H26N8O9S2/c1-30-21(27-28-29-30)42-10-12-9-41-20-23(39-2,19(37)31(20)16(12)18(35)36)26-15(32)7-11-3-5-13(6-4-11)25-22(38)40-8-14(24)17(33)34/h3-6,14,20H,7-10,24H2,1-2H3,(H,25,38)(H,26,32)(H,33,34)(H,35,36)/t14-,20-,23+/m1/s1. The van der Waals surface area contributed by atoms with Crippen LogP contribution >= 0.6 is 23.5 Å². The molecule has 1 aromatic heterocycles. The Labute approximate surface area is 246 Å². The van der Waals surface area contributed by atoms with E-state index in [4.69, 9.17) is 20.3 Å². The second-order valence-electron chi connectivity index (χ2n) is 9.00. The molecule has 2 aromatic rings. The van der Waals surface area contributed by atoms with Gasteiger partial charge in [0.15, 0.2) is 0 Å². The zero-order valence-electron chi connectivity index (χ0n) is 22.2. The fourth-order valence-corrected chi connectivity index (χ4v) is 6.51. The number of carboxylic acid groups (broad SMARTS) is 2. The van der Waals surface area contributed by atoms with E-state index in [0.717, 1.165) is 4.90 Å². The third kappa shape index (κ3) is 6.32. The summed E-state index contributed by atoms with van der Waals surface area (Å²) in [6, 6.07) is 4.77. The van der Waals surface area contributed by atoms with Crippen LogP contribution in [0.3, 0.4) is 0 Å². The molecule has 3 amide bonds. The fraction of sp³-hybridized carbons (Fsp3) is 0.391. The lowest BCUT2D eigenvalue weighted by Crippen LogP contribution is -2.80. The smallest absolute Gasteiger partial charge is 0.411 e. The summed E-state index contributed by atoms with van der Waals surface area (Å²) in [5.74, 6) is -3.34. The van der Waals surface area contributed by atoms with Crippen LogP contribution in [0.1, 0.15) is 5.56 Å². The van der Waals surface area contributed by atoms with E-state index in [2.05, 4.69) is 26.2 Å². The first-order valence-corrected chi connectivity index (χ1v) is 14.1. The number of fused-ring (bicyclic) bond motifs is 1. The van der Waals surface area contributed by atoms with Gasteiger partial charge in [-0.05, 0) is 33.7 Å². The number of carbonyl (C=O) groups is 5. The molecule has 3 atom stereocenters. The van der Waals surface area contributed by atoms with Crippen LogP contribution in [0.4, 0.5) is 10.5 Å². The highest BCUT2D eigenvalue weighted by Crippen LogP contribution is 2.47. The third-order valence-electron chi connectivity index (χ3n) is 6.19. The molecule has 6 N–H and O–H groups in total. The number of rotatable bonds is 12. The molecule has 42 heavy (non-hydrogen) atoms. The molecule has 0 radical (unpaired) electrons. The minimum atomic E-state index is -1.75. The van der Waals surface area contributed by atoms with Crippen molar-refractivity contribution >= 4 is 59.1 Å². The summed E-state index contributed by atoms with van der Waals surface area (Å²) in [6.45, 7) is -0.513. The molecular weight excluding hydrogens is 596 g/mol. The summed E-state index contributed by atoms with van der Waals surface area (Å²) in [4.78, 5) is 62.1. The molecule has 0 bridgehead atoms. The molecule has 0 unspecified atom stereocenters. The maximum atomic E-state index is 13.3. The molecular formula is C23H26N8O9S2. The lowest BCUT2D eigenvalue weighted by Gasteiger charge is -2.55. The topological polar surface area (TPSA) is 241 Å². The number of aryl methyl sites for hydroxylation is 1. The average molecular weight is 623 g/mol. The van der Waals surface area contributed by atoms with Gasteiger partial charge in [0.2, 0.25) is 11.1 Å². The maximum Gasteiger partial charge on any atom is 0.411 e. The van der Waals surface area contributed by atoms with Crippen LogP contribution in [0.5, 0.6) is 0 Å². The molecule has 3 heterocycles. The quantitative estimate of drug-likeness (QED) is 0.111. The number of anilines is 1. The number of hydrogen-bond donors (Lipinski definition) is 5. The summed E-state index contributed by atoms with van der Waals surface area (Å²) in [5.41, 5.74) is 4.73. The summed E-state index contributed by atoms with van der Waals surface area (Å²) in [7, 11) is 2.91. The van der Waals surface area contributed by atoms with Crippen molar-refractivity contribution < 1.29 is 43.7 Å². The van der Waals surface area contributed by atoms with E-state index in [1.54, 1.807) is 19.2 Å². The van der Waals surface area contributed by atoms with Gasteiger partial charge < -0.3 is 30.7 Å². The van der Waals surface area contributed by atoms with Gasteiger partial charge in [-0.15, -0.1) is 16.9 Å². The van der Waals surface area contributed by atoms with Gasteiger partial charge in [-0.3, -0.25) is 24.6 Å². The number of aliphatic carboxylic acids is 2. The first-order valence-electron chi connectivity index (χ1n) is 12.1. The van der Waals surface area contributed by atoms with E-state index < -0.39 is 53.6 Å². The Bertz CT molecular complexity index is 1430. The van der Waals surface area contributed by atoms with Crippen LogP contribution in [-0.4, -0.2) is 108 Å². The predicted molar refractivity (Wildman–Crippen MR) is 146 cm³/mol. The SMILES string of the molecule is CO[C@@]1(NC(=O)Cc2ccc(NC(=O)OC[C@@H](N)C(=O)O)cc2)C(=O)N2C(C(=O)O)=C(CSc3nnnn3C)CS[C@@H]21. The summed E-state index contributed by atoms with van der Waals surface area (Å²) >= 11 is 2.49. The molecule has 0 spiro atoms. The Morgan fingerprint density at radius 2 is 1.98 bits per heavy atom. The minimum Gasteiger partial charge on any atom is -0.480 e. The molecule has 2 aliphatic heterocycles. The van der Waals surface area contributed by atoms with Gasteiger partial charge in [0.1, 0.15) is 23.7 Å². The Morgan fingerprint density at radius 3 is 2.57 bits per heavy atom. The number of ether oxygens (including phenoxy) is 2. The number of benzene rings is 1. The second-order valence-corrected chi connectivity index (χ2v) is 11.0. The Hall–Kier alpha value is -4.20. The second kappa shape index (κ2) is 12.8. The van der Waals surface area contributed by atoms with Gasteiger partial charge in [-0.1, -0.05) is 23.9 Å². The molecule has 224 valence electrons. The van der Waals surface area contributed by atoms with Crippen LogP contribution in [-0.2, 0) is 42.1 Å². The number of methoxy groups -OCH3 is 1. The van der Waals surface area contributed by atoms with Crippen LogP contribution < -0.4 is 16.4 Å². The number of hydrogen-bond acceptors (Lipinski definition) is 13. The van der Waals surface area contributed by atoms with Gasteiger partial charge >= 0.3 is 18.0 Å². The number of carbonyl (C=O) groups excluding carboxylic acids is 3. The number of β-lactam (4-membered cyclic amide) rings is 1. The first-order chi connectivity index (χ1) is 20.0.